The number of carbonyl (C=O) groups is 1. The van der Waals surface area contributed by atoms with Crippen LogP contribution in [0.4, 0.5) is 0 Å². The van der Waals surface area contributed by atoms with Crippen LogP contribution < -0.4 is 5.32 Å². The Morgan fingerprint density at radius 3 is 2.16 bits per heavy atom. The molecule has 0 aromatic heterocycles. The minimum absolute atomic E-state index is 0.00813. The molecule has 0 aliphatic rings. The molecule has 0 radical (unpaired) electrons. The van der Waals surface area contributed by atoms with Crippen LogP contribution >= 0.6 is 11.6 Å². The number of likely N-dealkylation sites (N-methyl/N-ethyl adjacent to an activating group) is 1. The van der Waals surface area contributed by atoms with Gasteiger partial charge in [-0.1, -0.05) is 53.6 Å². The summed E-state index contributed by atoms with van der Waals surface area (Å²) in [4.78, 5) is 14.9. The van der Waals surface area contributed by atoms with Gasteiger partial charge in [0.1, 0.15) is 0 Å². The Balaban J connectivity index is 2.10. The monoisotopic (exact) mass is 358 g/mol. The summed E-state index contributed by atoms with van der Waals surface area (Å²) in [5, 5.41) is 3.79. The van der Waals surface area contributed by atoms with Crippen molar-refractivity contribution in [3.63, 3.8) is 0 Å². The van der Waals surface area contributed by atoms with Gasteiger partial charge in [-0.25, -0.2) is 0 Å². The van der Waals surface area contributed by atoms with Crippen molar-refractivity contribution in [2.75, 3.05) is 20.6 Å². The Labute approximate surface area is 156 Å². The molecule has 0 fully saturated rings. The molecule has 0 bridgehead atoms. The van der Waals surface area contributed by atoms with Crippen molar-refractivity contribution in [2.24, 2.45) is 0 Å². The fourth-order valence-electron chi connectivity index (χ4n) is 2.80. The average molecular weight is 359 g/mol. The molecule has 2 aromatic rings. The highest BCUT2D eigenvalue weighted by Gasteiger charge is 2.30. The first-order valence-corrected chi connectivity index (χ1v) is 8.87. The number of benzene rings is 2. The van der Waals surface area contributed by atoms with Gasteiger partial charge in [-0.3, -0.25) is 4.79 Å². The summed E-state index contributed by atoms with van der Waals surface area (Å²) < 4.78 is 0. The molecule has 3 nitrogen and oxygen atoms in total. The highest BCUT2D eigenvalue weighted by Crippen LogP contribution is 2.25. The van der Waals surface area contributed by atoms with Gasteiger partial charge in [-0.2, -0.15) is 0 Å². The topological polar surface area (TPSA) is 32.3 Å². The normalized spacial score (nSPS) is 12.9. The highest BCUT2D eigenvalue weighted by molar-refractivity contribution is 6.30. The van der Waals surface area contributed by atoms with Gasteiger partial charge in [0.15, 0.2) is 0 Å². The van der Waals surface area contributed by atoms with E-state index in [0.29, 0.717) is 11.6 Å². The lowest BCUT2D eigenvalue weighted by Gasteiger charge is -2.29. The zero-order valence-electron chi connectivity index (χ0n) is 15.6. The molecular weight excluding hydrogens is 332 g/mol. The number of hydrogen-bond donors (Lipinski definition) is 1. The van der Waals surface area contributed by atoms with E-state index in [1.165, 1.54) is 11.1 Å². The Morgan fingerprint density at radius 2 is 1.64 bits per heavy atom. The molecule has 0 saturated heterocycles. The second kappa shape index (κ2) is 8.03. The van der Waals surface area contributed by atoms with E-state index in [4.69, 9.17) is 11.6 Å². The van der Waals surface area contributed by atoms with Crippen molar-refractivity contribution >= 4 is 17.5 Å². The maximum Gasteiger partial charge on any atom is 0.230 e. The summed E-state index contributed by atoms with van der Waals surface area (Å²) >= 11 is 5.95. The van der Waals surface area contributed by atoms with E-state index in [2.05, 4.69) is 41.4 Å². The molecule has 0 aliphatic heterocycles. The lowest BCUT2D eigenvalue weighted by atomic mass is 9.83. The number of halogens is 1. The van der Waals surface area contributed by atoms with E-state index in [1.807, 2.05) is 52.2 Å². The summed E-state index contributed by atoms with van der Waals surface area (Å²) in [6.07, 6.45) is 0. The molecule has 1 N–H and O–H groups in total. The van der Waals surface area contributed by atoms with Crippen LogP contribution in [0.3, 0.4) is 0 Å². The van der Waals surface area contributed by atoms with Crippen molar-refractivity contribution in [3.8, 4) is 0 Å². The van der Waals surface area contributed by atoms with E-state index >= 15 is 0 Å². The lowest BCUT2D eigenvalue weighted by molar-refractivity contribution is -0.125. The second-order valence-electron chi connectivity index (χ2n) is 7.23. The minimum Gasteiger partial charge on any atom is -0.353 e. The van der Waals surface area contributed by atoms with Crippen LogP contribution in [0.15, 0.2) is 48.5 Å². The summed E-state index contributed by atoms with van der Waals surface area (Å²) in [7, 11) is 4.06. The van der Waals surface area contributed by atoms with E-state index in [-0.39, 0.29) is 11.9 Å². The third-order valence-corrected chi connectivity index (χ3v) is 4.93. The summed E-state index contributed by atoms with van der Waals surface area (Å²) in [6, 6.07) is 16.0. The first kappa shape index (κ1) is 19.5. The van der Waals surface area contributed by atoms with E-state index < -0.39 is 5.41 Å². The number of hydrogen-bond acceptors (Lipinski definition) is 2. The van der Waals surface area contributed by atoms with Gasteiger partial charge in [0.05, 0.1) is 11.5 Å². The highest BCUT2D eigenvalue weighted by atomic mass is 35.5. The average Bonchev–Trinajstić information content (AvgIpc) is 2.56. The second-order valence-corrected chi connectivity index (χ2v) is 7.67. The van der Waals surface area contributed by atoms with Crippen LogP contribution in [0.25, 0.3) is 0 Å². The molecule has 0 aliphatic carbocycles. The Hall–Kier alpha value is -1.84. The first-order valence-electron chi connectivity index (χ1n) is 8.49. The van der Waals surface area contributed by atoms with Gasteiger partial charge in [-0.05, 0) is 58.1 Å². The van der Waals surface area contributed by atoms with Crippen molar-refractivity contribution in [2.45, 2.75) is 32.2 Å². The molecule has 2 rings (SSSR count). The number of aryl methyl sites for hydroxylation is 1. The van der Waals surface area contributed by atoms with Crippen molar-refractivity contribution in [3.05, 3.63) is 70.2 Å². The minimum atomic E-state index is -0.616. The molecule has 2 aromatic carbocycles. The maximum absolute atomic E-state index is 12.8. The number of amides is 1. The van der Waals surface area contributed by atoms with Gasteiger partial charge < -0.3 is 10.2 Å². The quantitative estimate of drug-likeness (QED) is 0.832. The van der Waals surface area contributed by atoms with Crippen LogP contribution in [0.5, 0.6) is 0 Å². The number of carbonyl (C=O) groups excluding carboxylic acids is 1. The molecule has 0 spiro atoms. The fourth-order valence-corrected chi connectivity index (χ4v) is 2.92. The van der Waals surface area contributed by atoms with Gasteiger partial charge in [0.2, 0.25) is 5.91 Å². The molecule has 25 heavy (non-hydrogen) atoms. The van der Waals surface area contributed by atoms with Gasteiger partial charge >= 0.3 is 0 Å². The van der Waals surface area contributed by atoms with E-state index in [0.717, 1.165) is 5.56 Å². The van der Waals surface area contributed by atoms with Crippen LogP contribution in [0.1, 0.15) is 36.6 Å². The molecule has 4 heteroatoms. The predicted molar refractivity (Wildman–Crippen MR) is 105 cm³/mol. The van der Waals surface area contributed by atoms with Crippen LogP contribution in [-0.4, -0.2) is 31.4 Å². The van der Waals surface area contributed by atoms with Gasteiger partial charge in [0, 0.05) is 11.6 Å². The predicted octanol–water partition coefficient (Wildman–Crippen LogP) is 4.35. The largest absolute Gasteiger partial charge is 0.353 e. The van der Waals surface area contributed by atoms with E-state index in [1.54, 1.807) is 0 Å². The molecule has 1 unspecified atom stereocenters. The van der Waals surface area contributed by atoms with E-state index in [9.17, 15) is 4.79 Å². The zero-order chi connectivity index (χ0) is 18.6. The van der Waals surface area contributed by atoms with Crippen LogP contribution in [0, 0.1) is 6.92 Å². The summed E-state index contributed by atoms with van der Waals surface area (Å²) in [5.41, 5.74) is 2.76. The van der Waals surface area contributed by atoms with Crippen LogP contribution in [0.2, 0.25) is 5.02 Å². The Morgan fingerprint density at radius 1 is 1.08 bits per heavy atom. The number of nitrogens with zero attached hydrogens (tertiary/aromatic N) is 1. The molecule has 0 heterocycles. The van der Waals surface area contributed by atoms with Crippen molar-refractivity contribution in [1.82, 2.24) is 10.2 Å². The Kier molecular flexibility index (Phi) is 6.26. The maximum atomic E-state index is 12.8. The fraction of sp³-hybridized carbons (Fsp3) is 0.381. The molecule has 1 amide bonds. The number of rotatable bonds is 6. The van der Waals surface area contributed by atoms with Crippen molar-refractivity contribution in [1.29, 1.82) is 0 Å². The standard InChI is InChI=1S/C21H27ClN2O/c1-15-6-8-16(9-7-15)19(24(4)5)14-23-20(25)21(2,3)17-10-12-18(22)13-11-17/h6-13,19H,14H2,1-5H3,(H,23,25). The molecule has 1 atom stereocenters. The van der Waals surface area contributed by atoms with Gasteiger partial charge in [0.25, 0.3) is 0 Å². The summed E-state index contributed by atoms with van der Waals surface area (Å²) in [5.74, 6) is 0.00813. The molecular formula is C21H27ClN2O. The third kappa shape index (κ3) is 4.83. The zero-order valence-corrected chi connectivity index (χ0v) is 16.4. The first-order chi connectivity index (χ1) is 11.7. The summed E-state index contributed by atoms with van der Waals surface area (Å²) in [6.45, 7) is 6.50. The van der Waals surface area contributed by atoms with Crippen molar-refractivity contribution < 1.29 is 4.79 Å². The van der Waals surface area contributed by atoms with Crippen LogP contribution in [-0.2, 0) is 10.2 Å². The Bertz CT molecular complexity index is 706. The SMILES string of the molecule is Cc1ccc(C(CNC(=O)C(C)(C)c2ccc(Cl)cc2)N(C)C)cc1. The lowest BCUT2D eigenvalue weighted by Crippen LogP contribution is -2.43. The number of nitrogens with one attached hydrogen (secondary N) is 1. The molecule has 0 saturated carbocycles. The third-order valence-electron chi connectivity index (χ3n) is 4.68. The van der Waals surface area contributed by atoms with Gasteiger partial charge in [-0.15, -0.1) is 0 Å². The molecule has 134 valence electrons. The smallest absolute Gasteiger partial charge is 0.230 e.